The molecule has 0 aromatic rings. The number of alkyl halides is 2. The first kappa shape index (κ1) is 10.3. The molecule has 0 aromatic heterocycles. The summed E-state index contributed by atoms with van der Waals surface area (Å²) in [5.74, 6) is -0.334. The van der Waals surface area contributed by atoms with Crippen LogP contribution in [0.2, 0.25) is 0 Å². The average molecular weight is 166 g/mol. The topological polar surface area (TPSA) is 26.3 Å². The van der Waals surface area contributed by atoms with Crippen LogP contribution in [0.3, 0.4) is 0 Å². The van der Waals surface area contributed by atoms with Gasteiger partial charge >= 0.3 is 5.97 Å². The van der Waals surface area contributed by atoms with Crippen molar-refractivity contribution < 1.29 is 18.3 Å². The molecule has 66 valence electrons. The molecule has 0 aliphatic carbocycles. The molecule has 0 fully saturated rings. The van der Waals surface area contributed by atoms with Gasteiger partial charge < -0.3 is 4.74 Å². The van der Waals surface area contributed by atoms with Crippen LogP contribution in [0.1, 0.15) is 26.2 Å². The number of carbonyl (C=O) groups excluding carboxylic acids is 1. The number of carbonyl (C=O) groups is 1. The van der Waals surface area contributed by atoms with Crippen molar-refractivity contribution in [2.75, 3.05) is 6.61 Å². The van der Waals surface area contributed by atoms with Crippen LogP contribution >= 0.6 is 0 Å². The number of rotatable bonds is 5. The van der Waals surface area contributed by atoms with Crippen molar-refractivity contribution >= 4 is 5.97 Å². The van der Waals surface area contributed by atoms with Gasteiger partial charge in [0.1, 0.15) is 0 Å². The molecule has 0 aliphatic rings. The third-order valence-electron chi connectivity index (χ3n) is 1.12. The van der Waals surface area contributed by atoms with E-state index in [2.05, 4.69) is 4.74 Å². The van der Waals surface area contributed by atoms with Crippen molar-refractivity contribution in [1.29, 1.82) is 0 Å². The molecule has 0 radical (unpaired) electrons. The van der Waals surface area contributed by atoms with Crippen molar-refractivity contribution in [2.45, 2.75) is 32.6 Å². The molecule has 11 heavy (non-hydrogen) atoms. The molecule has 0 bridgehead atoms. The van der Waals surface area contributed by atoms with Crippen LogP contribution in [0.5, 0.6) is 0 Å². The number of hydrogen-bond donors (Lipinski definition) is 0. The molecule has 2 nitrogen and oxygen atoms in total. The van der Waals surface area contributed by atoms with Gasteiger partial charge in [-0.25, -0.2) is 8.78 Å². The number of esters is 1. The van der Waals surface area contributed by atoms with Gasteiger partial charge in [0.15, 0.2) is 0 Å². The highest BCUT2D eigenvalue weighted by Gasteiger charge is 2.02. The lowest BCUT2D eigenvalue weighted by Gasteiger charge is -2.01. The van der Waals surface area contributed by atoms with E-state index in [1.165, 1.54) is 0 Å². The molecule has 0 aliphatic heterocycles. The Balaban J connectivity index is 3.08. The van der Waals surface area contributed by atoms with Gasteiger partial charge in [0.05, 0.1) is 6.61 Å². The molecule has 0 N–H and O–H groups in total. The zero-order chi connectivity index (χ0) is 8.69. The van der Waals surface area contributed by atoms with Gasteiger partial charge in [-0.05, 0) is 6.42 Å². The number of hydrogen-bond acceptors (Lipinski definition) is 2. The van der Waals surface area contributed by atoms with Gasteiger partial charge in [-0.1, -0.05) is 6.92 Å². The molecule has 0 atom stereocenters. The minimum atomic E-state index is -2.30. The second-order valence-electron chi connectivity index (χ2n) is 2.11. The smallest absolute Gasteiger partial charge is 0.305 e. The highest BCUT2D eigenvalue weighted by molar-refractivity contribution is 5.68. The maximum Gasteiger partial charge on any atom is 0.305 e. The summed E-state index contributed by atoms with van der Waals surface area (Å²) in [6, 6.07) is 0. The standard InChI is InChI=1S/C7H12F2O2/c1-2-7(10)11-5-3-4-6(8)9/h6H,2-5H2,1H3. The molecule has 0 spiro atoms. The Hall–Kier alpha value is -0.670. The van der Waals surface area contributed by atoms with E-state index in [1.54, 1.807) is 6.92 Å². The largest absolute Gasteiger partial charge is 0.466 e. The summed E-state index contributed by atoms with van der Waals surface area (Å²) in [5.41, 5.74) is 0. The fourth-order valence-corrected chi connectivity index (χ4v) is 0.526. The molecule has 0 saturated carbocycles. The molecule has 0 saturated heterocycles. The molecule has 0 rings (SSSR count). The maximum atomic E-state index is 11.5. The Labute approximate surface area is 64.5 Å². The van der Waals surface area contributed by atoms with Crippen LogP contribution in [0.4, 0.5) is 8.78 Å². The van der Waals surface area contributed by atoms with E-state index in [0.717, 1.165) is 0 Å². The van der Waals surface area contributed by atoms with Crippen molar-refractivity contribution in [1.82, 2.24) is 0 Å². The first-order valence-corrected chi connectivity index (χ1v) is 3.60. The monoisotopic (exact) mass is 166 g/mol. The Kier molecular flexibility index (Phi) is 5.70. The highest BCUT2D eigenvalue weighted by Crippen LogP contribution is 2.02. The van der Waals surface area contributed by atoms with Crippen LogP contribution in [0.25, 0.3) is 0 Å². The first-order chi connectivity index (χ1) is 5.16. The second kappa shape index (κ2) is 6.07. The van der Waals surface area contributed by atoms with E-state index in [-0.39, 0.29) is 25.4 Å². The van der Waals surface area contributed by atoms with Crippen molar-refractivity contribution in [2.24, 2.45) is 0 Å². The Morgan fingerprint density at radius 3 is 2.64 bits per heavy atom. The summed E-state index contributed by atoms with van der Waals surface area (Å²) in [5, 5.41) is 0. The Morgan fingerprint density at radius 2 is 2.18 bits per heavy atom. The zero-order valence-electron chi connectivity index (χ0n) is 6.48. The van der Waals surface area contributed by atoms with Crippen LogP contribution in [0.15, 0.2) is 0 Å². The lowest BCUT2D eigenvalue weighted by molar-refractivity contribution is -0.143. The highest BCUT2D eigenvalue weighted by atomic mass is 19.3. The van der Waals surface area contributed by atoms with Gasteiger partial charge in [-0.15, -0.1) is 0 Å². The summed E-state index contributed by atoms with van der Waals surface area (Å²) in [4.78, 5) is 10.4. The van der Waals surface area contributed by atoms with Crippen LogP contribution in [-0.4, -0.2) is 19.0 Å². The van der Waals surface area contributed by atoms with E-state index >= 15 is 0 Å². The van der Waals surface area contributed by atoms with Gasteiger partial charge in [-0.2, -0.15) is 0 Å². The predicted octanol–water partition coefficient (Wildman–Crippen LogP) is 1.98. The average Bonchev–Trinajstić information content (AvgIpc) is 1.97. The molecule has 0 unspecified atom stereocenters. The lowest BCUT2D eigenvalue weighted by Crippen LogP contribution is -2.05. The summed E-state index contributed by atoms with van der Waals surface area (Å²) < 4.78 is 27.6. The summed E-state index contributed by atoms with van der Waals surface area (Å²) in [6.07, 6.45) is -1.95. The van der Waals surface area contributed by atoms with Gasteiger partial charge in [0.2, 0.25) is 6.43 Å². The van der Waals surface area contributed by atoms with Gasteiger partial charge in [-0.3, -0.25) is 4.79 Å². The van der Waals surface area contributed by atoms with Gasteiger partial charge in [0, 0.05) is 12.8 Å². The minimum Gasteiger partial charge on any atom is -0.466 e. The number of ether oxygens (including phenoxy) is 1. The summed E-state index contributed by atoms with van der Waals surface area (Å²) >= 11 is 0. The normalized spacial score (nSPS) is 10.2. The van der Waals surface area contributed by atoms with Crippen LogP contribution in [-0.2, 0) is 9.53 Å². The van der Waals surface area contributed by atoms with Crippen molar-refractivity contribution in [3.63, 3.8) is 0 Å². The molecular formula is C7H12F2O2. The fourth-order valence-electron chi connectivity index (χ4n) is 0.526. The van der Waals surface area contributed by atoms with Crippen LogP contribution < -0.4 is 0 Å². The molecule has 0 heterocycles. The third-order valence-corrected chi connectivity index (χ3v) is 1.12. The summed E-state index contributed by atoms with van der Waals surface area (Å²) in [7, 11) is 0. The van der Waals surface area contributed by atoms with E-state index in [9.17, 15) is 13.6 Å². The van der Waals surface area contributed by atoms with E-state index < -0.39 is 6.43 Å². The minimum absolute atomic E-state index is 0.108. The van der Waals surface area contributed by atoms with Crippen molar-refractivity contribution in [3.05, 3.63) is 0 Å². The predicted molar refractivity (Wildman–Crippen MR) is 36.5 cm³/mol. The molecule has 0 aromatic carbocycles. The Morgan fingerprint density at radius 1 is 1.55 bits per heavy atom. The van der Waals surface area contributed by atoms with E-state index in [4.69, 9.17) is 0 Å². The molecule has 0 amide bonds. The summed E-state index contributed by atoms with van der Waals surface area (Å²) in [6.45, 7) is 1.77. The van der Waals surface area contributed by atoms with Crippen LogP contribution in [0, 0.1) is 0 Å². The Bertz CT molecular complexity index is 115. The molecular weight excluding hydrogens is 154 g/mol. The van der Waals surface area contributed by atoms with Gasteiger partial charge in [0.25, 0.3) is 0 Å². The lowest BCUT2D eigenvalue weighted by atomic mass is 10.3. The third kappa shape index (κ3) is 7.22. The fraction of sp³-hybridized carbons (Fsp3) is 0.857. The SMILES string of the molecule is CCC(=O)OCCCC(F)F. The number of halogens is 2. The quantitative estimate of drug-likeness (QED) is 0.461. The first-order valence-electron chi connectivity index (χ1n) is 3.60. The van der Waals surface area contributed by atoms with Crippen molar-refractivity contribution in [3.8, 4) is 0 Å². The molecule has 4 heteroatoms. The van der Waals surface area contributed by atoms with E-state index in [0.29, 0.717) is 6.42 Å². The van der Waals surface area contributed by atoms with E-state index in [1.807, 2.05) is 0 Å². The zero-order valence-corrected chi connectivity index (χ0v) is 6.48. The second-order valence-corrected chi connectivity index (χ2v) is 2.11. The maximum absolute atomic E-state index is 11.5.